The Labute approximate surface area is 134 Å². The predicted octanol–water partition coefficient (Wildman–Crippen LogP) is 3.88. The maximum absolute atomic E-state index is 11.9. The summed E-state index contributed by atoms with van der Waals surface area (Å²) in [6, 6.07) is 8.70. The first kappa shape index (κ1) is 18.0. The van der Waals surface area contributed by atoms with E-state index in [0.717, 1.165) is 18.7 Å². The molecule has 2 N–H and O–H groups in total. The lowest BCUT2D eigenvalue weighted by Gasteiger charge is -2.19. The van der Waals surface area contributed by atoms with Crippen LogP contribution in [0.15, 0.2) is 24.3 Å². The number of benzene rings is 1. The number of carbonyl (C=O) groups is 1. The largest absolute Gasteiger partial charge is 0.326 e. The lowest BCUT2D eigenvalue weighted by molar-refractivity contribution is -0.116. The van der Waals surface area contributed by atoms with E-state index in [1.165, 1.54) is 18.4 Å². The van der Waals surface area contributed by atoms with E-state index in [2.05, 4.69) is 43.5 Å². The van der Waals surface area contributed by atoms with E-state index < -0.39 is 0 Å². The lowest BCUT2D eigenvalue weighted by atomic mass is 9.87. The summed E-state index contributed by atoms with van der Waals surface area (Å²) >= 11 is 0. The zero-order valence-corrected chi connectivity index (χ0v) is 14.1. The van der Waals surface area contributed by atoms with Gasteiger partial charge < -0.3 is 10.6 Å². The summed E-state index contributed by atoms with van der Waals surface area (Å²) in [6.07, 6.45) is 3.97. The smallest absolute Gasteiger partial charge is 0.224 e. The lowest BCUT2D eigenvalue weighted by Crippen LogP contribution is -2.23. The standard InChI is InChI=1S/C17H26N2O.ClH/c1-17(2,3)13-6-8-15(9-7-13)19-16(20)11-10-14-5-4-12-18-14;/h6-9,14,18H,4-5,10-12H2,1-3H3,(H,19,20);1H. The predicted molar refractivity (Wildman–Crippen MR) is 91.3 cm³/mol. The minimum absolute atomic E-state index is 0. The molecule has 4 heteroatoms. The third kappa shape index (κ3) is 5.68. The number of halogens is 1. The number of nitrogens with one attached hydrogen (secondary N) is 2. The van der Waals surface area contributed by atoms with Gasteiger partial charge in [0.15, 0.2) is 0 Å². The summed E-state index contributed by atoms with van der Waals surface area (Å²) in [4.78, 5) is 11.9. The maximum atomic E-state index is 11.9. The highest BCUT2D eigenvalue weighted by molar-refractivity contribution is 5.90. The minimum atomic E-state index is 0. The molecule has 0 aromatic heterocycles. The number of amides is 1. The van der Waals surface area contributed by atoms with E-state index in [1.54, 1.807) is 0 Å². The molecular weight excluding hydrogens is 284 g/mol. The Morgan fingerprint density at radius 2 is 1.95 bits per heavy atom. The molecule has 21 heavy (non-hydrogen) atoms. The van der Waals surface area contributed by atoms with Crippen LogP contribution < -0.4 is 10.6 Å². The molecule has 0 aliphatic carbocycles. The molecule has 1 aromatic rings. The van der Waals surface area contributed by atoms with Crippen LogP contribution >= 0.6 is 12.4 Å². The highest BCUT2D eigenvalue weighted by atomic mass is 35.5. The molecule has 1 atom stereocenters. The van der Waals surface area contributed by atoms with Gasteiger partial charge in [-0.1, -0.05) is 32.9 Å². The Balaban J connectivity index is 0.00000220. The van der Waals surface area contributed by atoms with E-state index in [4.69, 9.17) is 0 Å². The quantitative estimate of drug-likeness (QED) is 0.886. The van der Waals surface area contributed by atoms with E-state index in [0.29, 0.717) is 12.5 Å². The van der Waals surface area contributed by atoms with Crippen LogP contribution in [0.5, 0.6) is 0 Å². The second-order valence-electron chi connectivity index (χ2n) is 6.71. The fourth-order valence-electron chi connectivity index (χ4n) is 2.59. The van der Waals surface area contributed by atoms with Crippen LogP contribution in [0, 0.1) is 0 Å². The molecule has 1 heterocycles. The van der Waals surface area contributed by atoms with Crippen LogP contribution in [0.2, 0.25) is 0 Å². The van der Waals surface area contributed by atoms with Crippen molar-refractivity contribution in [1.29, 1.82) is 0 Å². The fraction of sp³-hybridized carbons (Fsp3) is 0.588. The van der Waals surface area contributed by atoms with Gasteiger partial charge in [0.2, 0.25) is 5.91 Å². The summed E-state index contributed by atoms with van der Waals surface area (Å²) in [5.41, 5.74) is 2.32. The third-order valence-corrected chi connectivity index (χ3v) is 3.92. The maximum Gasteiger partial charge on any atom is 0.224 e. The van der Waals surface area contributed by atoms with Crippen LogP contribution in [0.4, 0.5) is 5.69 Å². The van der Waals surface area contributed by atoms with Gasteiger partial charge >= 0.3 is 0 Å². The first-order valence-corrected chi connectivity index (χ1v) is 7.59. The normalized spacial score (nSPS) is 18.1. The topological polar surface area (TPSA) is 41.1 Å². The Kier molecular flexibility index (Phi) is 6.69. The van der Waals surface area contributed by atoms with Gasteiger partial charge in [0.05, 0.1) is 0 Å². The Hall–Kier alpha value is -1.06. The van der Waals surface area contributed by atoms with Crippen molar-refractivity contribution in [1.82, 2.24) is 5.32 Å². The highest BCUT2D eigenvalue weighted by Crippen LogP contribution is 2.23. The summed E-state index contributed by atoms with van der Waals surface area (Å²) in [5, 5.41) is 6.40. The fourth-order valence-corrected chi connectivity index (χ4v) is 2.59. The Morgan fingerprint density at radius 1 is 1.29 bits per heavy atom. The first-order valence-electron chi connectivity index (χ1n) is 7.59. The van der Waals surface area contributed by atoms with Crippen molar-refractivity contribution in [3.63, 3.8) is 0 Å². The summed E-state index contributed by atoms with van der Waals surface area (Å²) in [7, 11) is 0. The van der Waals surface area contributed by atoms with Crippen LogP contribution in [-0.4, -0.2) is 18.5 Å². The van der Waals surface area contributed by atoms with Crippen molar-refractivity contribution in [3.05, 3.63) is 29.8 Å². The monoisotopic (exact) mass is 310 g/mol. The van der Waals surface area contributed by atoms with Crippen LogP contribution in [0.3, 0.4) is 0 Å². The zero-order chi connectivity index (χ0) is 14.6. The molecule has 0 radical (unpaired) electrons. The average Bonchev–Trinajstić information content (AvgIpc) is 2.89. The van der Waals surface area contributed by atoms with Gasteiger partial charge in [0, 0.05) is 18.2 Å². The minimum Gasteiger partial charge on any atom is -0.326 e. The Bertz CT molecular complexity index is 445. The van der Waals surface area contributed by atoms with Crippen molar-refractivity contribution in [3.8, 4) is 0 Å². The van der Waals surface area contributed by atoms with Gasteiger partial charge in [-0.05, 0) is 48.9 Å². The van der Waals surface area contributed by atoms with E-state index in [1.807, 2.05) is 12.1 Å². The summed E-state index contributed by atoms with van der Waals surface area (Å²) in [6.45, 7) is 7.67. The number of carbonyl (C=O) groups excluding carboxylic acids is 1. The first-order chi connectivity index (χ1) is 9.45. The van der Waals surface area contributed by atoms with Gasteiger partial charge in [-0.25, -0.2) is 0 Å². The third-order valence-electron chi connectivity index (χ3n) is 3.92. The molecule has 1 aliphatic rings. The molecule has 1 aliphatic heterocycles. The number of hydrogen-bond donors (Lipinski definition) is 2. The van der Waals surface area contributed by atoms with Gasteiger partial charge in [-0.3, -0.25) is 4.79 Å². The highest BCUT2D eigenvalue weighted by Gasteiger charge is 2.16. The molecule has 0 spiro atoms. The van der Waals surface area contributed by atoms with E-state index in [-0.39, 0.29) is 23.7 Å². The van der Waals surface area contributed by atoms with E-state index >= 15 is 0 Å². The SMILES string of the molecule is CC(C)(C)c1ccc(NC(=O)CCC2CCCN2)cc1.Cl. The molecule has 118 valence electrons. The van der Waals surface area contributed by atoms with Gasteiger partial charge in [0.1, 0.15) is 0 Å². The van der Waals surface area contributed by atoms with Crippen molar-refractivity contribution in [2.45, 2.75) is 57.9 Å². The van der Waals surface area contributed by atoms with E-state index in [9.17, 15) is 4.79 Å². The van der Waals surface area contributed by atoms with Crippen LogP contribution in [0.1, 0.15) is 52.0 Å². The Morgan fingerprint density at radius 3 is 2.48 bits per heavy atom. The van der Waals surface area contributed by atoms with Crippen LogP contribution in [0.25, 0.3) is 0 Å². The molecule has 1 aromatic carbocycles. The van der Waals surface area contributed by atoms with Crippen molar-refractivity contribution in [2.24, 2.45) is 0 Å². The molecule has 3 nitrogen and oxygen atoms in total. The number of hydrogen-bond acceptors (Lipinski definition) is 2. The molecule has 0 bridgehead atoms. The van der Waals surface area contributed by atoms with Crippen molar-refractivity contribution < 1.29 is 4.79 Å². The van der Waals surface area contributed by atoms with Gasteiger partial charge in [0.25, 0.3) is 0 Å². The van der Waals surface area contributed by atoms with Gasteiger partial charge in [-0.15, -0.1) is 12.4 Å². The summed E-state index contributed by atoms with van der Waals surface area (Å²) in [5.74, 6) is 0.113. The molecule has 2 rings (SSSR count). The zero-order valence-electron chi connectivity index (χ0n) is 13.2. The number of anilines is 1. The molecule has 1 amide bonds. The van der Waals surface area contributed by atoms with Gasteiger partial charge in [-0.2, -0.15) is 0 Å². The van der Waals surface area contributed by atoms with Crippen LogP contribution in [-0.2, 0) is 10.2 Å². The average molecular weight is 311 g/mol. The van der Waals surface area contributed by atoms with Crippen molar-refractivity contribution in [2.75, 3.05) is 11.9 Å². The molecule has 0 saturated carbocycles. The second-order valence-corrected chi connectivity index (χ2v) is 6.71. The number of rotatable bonds is 4. The molecular formula is C17H27ClN2O. The molecule has 1 saturated heterocycles. The van der Waals surface area contributed by atoms with Crippen molar-refractivity contribution >= 4 is 24.0 Å². The second kappa shape index (κ2) is 7.81. The molecule has 1 fully saturated rings. The molecule has 1 unspecified atom stereocenters. The summed E-state index contributed by atoms with van der Waals surface area (Å²) < 4.78 is 0.